The zero-order chi connectivity index (χ0) is 21.4. The highest BCUT2D eigenvalue weighted by molar-refractivity contribution is 5.93. The number of hydrogen-bond donors (Lipinski definition) is 1. The van der Waals surface area contributed by atoms with E-state index in [-0.39, 0.29) is 30.2 Å². The van der Waals surface area contributed by atoms with Crippen molar-refractivity contribution in [2.24, 2.45) is 0 Å². The Labute approximate surface area is 167 Å². The summed E-state index contributed by atoms with van der Waals surface area (Å²) >= 11 is 0. The highest BCUT2D eigenvalue weighted by Crippen LogP contribution is 2.28. The molecule has 0 aliphatic carbocycles. The Morgan fingerprint density at radius 3 is 2.45 bits per heavy atom. The number of benzene rings is 2. The highest BCUT2D eigenvalue weighted by Gasteiger charge is 2.22. The van der Waals surface area contributed by atoms with E-state index < -0.39 is 22.9 Å². The maximum atomic E-state index is 12.3. The van der Waals surface area contributed by atoms with Crippen LogP contribution >= 0.6 is 0 Å². The predicted octanol–water partition coefficient (Wildman–Crippen LogP) is 2.86. The summed E-state index contributed by atoms with van der Waals surface area (Å²) in [5, 5.41) is 13.8. The van der Waals surface area contributed by atoms with Gasteiger partial charge in [0.2, 0.25) is 0 Å². The molecule has 0 saturated heterocycles. The molecule has 9 heteroatoms. The van der Waals surface area contributed by atoms with Gasteiger partial charge in [-0.15, -0.1) is 0 Å². The molecule has 1 N–H and O–H groups in total. The van der Waals surface area contributed by atoms with Gasteiger partial charge in [-0.3, -0.25) is 14.9 Å². The molecule has 9 nitrogen and oxygen atoms in total. The molecule has 154 valence electrons. The molecule has 0 fully saturated rings. The largest absolute Gasteiger partial charge is 0.497 e. The molecule has 29 heavy (non-hydrogen) atoms. The molecule has 1 amide bonds. The van der Waals surface area contributed by atoms with Crippen molar-refractivity contribution in [1.29, 1.82) is 0 Å². The number of methoxy groups -OCH3 is 1. The fraction of sp³-hybridized carbons (Fsp3) is 0.300. The molecule has 0 radical (unpaired) electrons. The van der Waals surface area contributed by atoms with Gasteiger partial charge in [0.25, 0.3) is 5.91 Å². The van der Waals surface area contributed by atoms with Crippen LogP contribution in [-0.2, 0) is 16.1 Å². The third-order valence-corrected chi connectivity index (χ3v) is 3.97. The van der Waals surface area contributed by atoms with Gasteiger partial charge in [-0.2, -0.15) is 0 Å². The first kappa shape index (κ1) is 21.7. The fourth-order valence-electron chi connectivity index (χ4n) is 2.42. The van der Waals surface area contributed by atoms with E-state index in [1.165, 1.54) is 19.1 Å². The maximum Gasteiger partial charge on any atom is 0.339 e. The van der Waals surface area contributed by atoms with Crippen molar-refractivity contribution in [3.05, 3.63) is 63.7 Å². The maximum absolute atomic E-state index is 12.3. The number of carbonyl (C=O) groups excluding carboxylic acids is 2. The highest BCUT2D eigenvalue weighted by atomic mass is 16.6. The van der Waals surface area contributed by atoms with Crippen molar-refractivity contribution in [3.8, 4) is 11.5 Å². The summed E-state index contributed by atoms with van der Waals surface area (Å²) in [5.74, 6) is -0.580. The van der Waals surface area contributed by atoms with Crippen molar-refractivity contribution in [3.63, 3.8) is 0 Å². The van der Waals surface area contributed by atoms with E-state index in [2.05, 4.69) is 5.32 Å². The van der Waals surface area contributed by atoms with E-state index in [1.54, 1.807) is 38.3 Å². The number of nitrogens with zero attached hydrogens (tertiary/aromatic N) is 1. The van der Waals surface area contributed by atoms with E-state index >= 15 is 0 Å². The summed E-state index contributed by atoms with van der Waals surface area (Å²) in [5.41, 5.74) is 0.452. The van der Waals surface area contributed by atoms with E-state index in [9.17, 15) is 19.7 Å². The first-order chi connectivity index (χ1) is 13.8. The Balaban J connectivity index is 1.97. The van der Waals surface area contributed by atoms with Crippen molar-refractivity contribution < 1.29 is 28.7 Å². The van der Waals surface area contributed by atoms with Crippen molar-refractivity contribution in [2.75, 3.05) is 13.7 Å². The van der Waals surface area contributed by atoms with Crippen LogP contribution < -0.4 is 14.8 Å². The zero-order valence-corrected chi connectivity index (χ0v) is 16.3. The molecule has 0 bridgehead atoms. The summed E-state index contributed by atoms with van der Waals surface area (Å²) in [7, 11) is 1.56. The second kappa shape index (κ2) is 10.1. The lowest BCUT2D eigenvalue weighted by atomic mass is 10.2. The molecule has 1 atom stereocenters. The minimum absolute atomic E-state index is 0.0463. The van der Waals surface area contributed by atoms with Gasteiger partial charge in [-0.25, -0.2) is 4.79 Å². The SMILES string of the molecule is CCOc1ccc(C(=O)OC(C)C(=O)NCc2ccc(OC)cc2)cc1[N+](=O)[O-]. The first-order valence-electron chi connectivity index (χ1n) is 8.88. The van der Waals surface area contributed by atoms with Gasteiger partial charge in [0.1, 0.15) is 5.75 Å². The van der Waals surface area contributed by atoms with Crippen LogP contribution in [0.4, 0.5) is 5.69 Å². The van der Waals surface area contributed by atoms with Gasteiger partial charge in [0, 0.05) is 12.6 Å². The van der Waals surface area contributed by atoms with Crippen molar-refractivity contribution in [1.82, 2.24) is 5.32 Å². The molecule has 1 unspecified atom stereocenters. The number of nitro benzene ring substituents is 1. The van der Waals surface area contributed by atoms with Gasteiger partial charge in [-0.05, 0) is 43.7 Å². The first-order valence-corrected chi connectivity index (χ1v) is 8.88. The summed E-state index contributed by atoms with van der Waals surface area (Å²) in [4.78, 5) is 35.0. The summed E-state index contributed by atoms with van der Waals surface area (Å²) in [6.45, 7) is 3.61. The quantitative estimate of drug-likeness (QED) is 0.389. The molecule has 0 aromatic heterocycles. The molecular formula is C20H22N2O7. The lowest BCUT2D eigenvalue weighted by molar-refractivity contribution is -0.385. The standard InChI is InChI=1S/C20H22N2O7/c1-4-28-18-10-7-15(11-17(18)22(25)26)20(24)29-13(2)19(23)21-12-14-5-8-16(27-3)9-6-14/h5-11,13H,4,12H2,1-3H3,(H,21,23). The van der Waals surface area contributed by atoms with Crippen LogP contribution in [0.3, 0.4) is 0 Å². The van der Waals surface area contributed by atoms with Crippen LogP contribution in [0.25, 0.3) is 0 Å². The van der Waals surface area contributed by atoms with E-state index in [0.29, 0.717) is 5.75 Å². The average molecular weight is 402 g/mol. The Morgan fingerprint density at radius 2 is 1.86 bits per heavy atom. The topological polar surface area (TPSA) is 117 Å². The molecule has 0 aliphatic rings. The van der Waals surface area contributed by atoms with Gasteiger partial charge >= 0.3 is 11.7 Å². The van der Waals surface area contributed by atoms with Gasteiger partial charge in [-0.1, -0.05) is 12.1 Å². The van der Waals surface area contributed by atoms with E-state index in [1.807, 2.05) is 0 Å². The average Bonchev–Trinajstić information content (AvgIpc) is 2.72. The summed E-state index contributed by atoms with van der Waals surface area (Å²) < 4.78 is 15.4. The molecular weight excluding hydrogens is 380 g/mol. The number of hydrogen-bond acceptors (Lipinski definition) is 7. The predicted molar refractivity (Wildman–Crippen MR) is 104 cm³/mol. The molecule has 0 aliphatic heterocycles. The van der Waals surface area contributed by atoms with Crippen molar-refractivity contribution >= 4 is 17.6 Å². The monoisotopic (exact) mass is 402 g/mol. The minimum atomic E-state index is -1.08. The van der Waals surface area contributed by atoms with Gasteiger partial charge in [0.05, 0.1) is 24.2 Å². The molecule has 2 aromatic carbocycles. The Bertz CT molecular complexity index is 881. The van der Waals surface area contributed by atoms with E-state index in [0.717, 1.165) is 11.6 Å². The second-order valence-electron chi connectivity index (χ2n) is 5.99. The van der Waals surface area contributed by atoms with Crippen LogP contribution in [0.1, 0.15) is 29.8 Å². The van der Waals surface area contributed by atoms with Crippen LogP contribution in [0, 0.1) is 10.1 Å². The Morgan fingerprint density at radius 1 is 1.17 bits per heavy atom. The van der Waals surface area contributed by atoms with Gasteiger partial charge < -0.3 is 19.5 Å². The number of ether oxygens (including phenoxy) is 3. The minimum Gasteiger partial charge on any atom is -0.497 e. The molecule has 2 aromatic rings. The molecule has 0 saturated carbocycles. The van der Waals surface area contributed by atoms with E-state index in [4.69, 9.17) is 14.2 Å². The van der Waals surface area contributed by atoms with Gasteiger partial charge in [0.15, 0.2) is 11.9 Å². The third kappa shape index (κ3) is 5.93. The lowest BCUT2D eigenvalue weighted by Crippen LogP contribution is -2.35. The second-order valence-corrected chi connectivity index (χ2v) is 5.99. The molecule has 0 heterocycles. The number of nitro groups is 1. The normalized spacial score (nSPS) is 11.3. The Kier molecular flexibility index (Phi) is 7.53. The van der Waals surface area contributed by atoms with Crippen LogP contribution in [0.15, 0.2) is 42.5 Å². The molecule has 0 spiro atoms. The molecule has 2 rings (SSSR count). The summed E-state index contributed by atoms with van der Waals surface area (Å²) in [6.07, 6.45) is -1.08. The van der Waals surface area contributed by atoms with Crippen molar-refractivity contribution in [2.45, 2.75) is 26.5 Å². The number of esters is 1. The lowest BCUT2D eigenvalue weighted by Gasteiger charge is -2.14. The zero-order valence-electron chi connectivity index (χ0n) is 16.3. The number of rotatable bonds is 9. The van der Waals surface area contributed by atoms with Crippen LogP contribution in [0.2, 0.25) is 0 Å². The number of amides is 1. The smallest absolute Gasteiger partial charge is 0.339 e. The number of carbonyl (C=O) groups is 2. The van der Waals surface area contributed by atoms with Crippen LogP contribution in [0.5, 0.6) is 11.5 Å². The fourth-order valence-corrected chi connectivity index (χ4v) is 2.42. The summed E-state index contributed by atoms with van der Waals surface area (Å²) in [6, 6.07) is 10.9. The number of nitrogens with one attached hydrogen (secondary N) is 1. The third-order valence-electron chi connectivity index (χ3n) is 3.97. The van der Waals surface area contributed by atoms with Crippen LogP contribution in [-0.4, -0.2) is 36.6 Å². The Hall–Kier alpha value is -3.62.